The van der Waals surface area contributed by atoms with Gasteiger partial charge in [0.1, 0.15) is 5.75 Å². The van der Waals surface area contributed by atoms with E-state index < -0.39 is 0 Å². The quantitative estimate of drug-likeness (QED) is 0.716. The van der Waals surface area contributed by atoms with Crippen LogP contribution in [-0.4, -0.2) is 5.11 Å². The smallest absolute Gasteiger partial charge is 0.123 e. The van der Waals surface area contributed by atoms with E-state index in [2.05, 4.69) is 45.7 Å². The molecule has 0 aliphatic carbocycles. The van der Waals surface area contributed by atoms with Crippen LogP contribution in [0, 0.1) is 13.8 Å². The molecule has 0 saturated carbocycles. The topological polar surface area (TPSA) is 20.2 Å². The Kier molecular flexibility index (Phi) is 6.45. The van der Waals surface area contributed by atoms with Crippen LogP contribution in [0.15, 0.2) is 15.0 Å². The summed E-state index contributed by atoms with van der Waals surface area (Å²) < 4.78 is 1.85. The average Bonchev–Trinajstić information content (AvgIpc) is 2.13. The third kappa shape index (κ3) is 3.62. The van der Waals surface area contributed by atoms with Gasteiger partial charge >= 0.3 is 0 Å². The highest BCUT2D eigenvalue weighted by Crippen LogP contribution is 2.33. The second-order valence-electron chi connectivity index (χ2n) is 3.15. The van der Waals surface area contributed by atoms with E-state index in [-0.39, 0.29) is 0 Å². The van der Waals surface area contributed by atoms with Gasteiger partial charge in [-0.15, -0.1) is 0 Å². The maximum Gasteiger partial charge on any atom is 0.123 e. The van der Waals surface area contributed by atoms with Gasteiger partial charge in [-0.05, 0) is 19.9 Å². The van der Waals surface area contributed by atoms with Gasteiger partial charge in [0, 0.05) is 20.1 Å². The maximum atomic E-state index is 9.51. The molecule has 1 aromatic carbocycles. The number of phenolic OH excluding ortho intramolecular Hbond substituents is 1. The highest BCUT2D eigenvalue weighted by molar-refractivity contribution is 9.11. The molecule has 1 rings (SSSR count). The Labute approximate surface area is 103 Å². The van der Waals surface area contributed by atoms with E-state index >= 15 is 0 Å². The summed E-state index contributed by atoms with van der Waals surface area (Å²) in [6.07, 6.45) is 1.25. The molecule has 0 radical (unpaired) electrons. The first-order valence-electron chi connectivity index (χ1n) is 4.59. The van der Waals surface area contributed by atoms with Gasteiger partial charge in [0.2, 0.25) is 0 Å². The third-order valence-corrected chi connectivity index (χ3v) is 3.33. The van der Waals surface area contributed by atoms with Crippen LogP contribution in [0.3, 0.4) is 0 Å². The highest BCUT2D eigenvalue weighted by Gasteiger charge is 2.07. The molecule has 0 amide bonds. The van der Waals surface area contributed by atoms with Crippen molar-refractivity contribution in [3.05, 3.63) is 26.1 Å². The molecular formula is C11H16Br2O. The molecule has 3 heteroatoms. The van der Waals surface area contributed by atoms with Crippen molar-refractivity contribution in [3.63, 3.8) is 0 Å². The lowest BCUT2D eigenvalue weighted by Crippen LogP contribution is -1.83. The average molecular weight is 324 g/mol. The zero-order valence-corrected chi connectivity index (χ0v) is 12.2. The SMILES string of the molecule is CCC.Cc1c(Br)cc(Br)c(C)c1O. The number of aromatic hydroxyl groups is 1. The molecule has 0 saturated heterocycles. The monoisotopic (exact) mass is 322 g/mol. The van der Waals surface area contributed by atoms with Gasteiger partial charge in [0.15, 0.2) is 0 Å². The Morgan fingerprint density at radius 2 is 1.36 bits per heavy atom. The molecule has 0 heterocycles. The number of rotatable bonds is 0. The zero-order chi connectivity index (χ0) is 11.3. The van der Waals surface area contributed by atoms with Gasteiger partial charge in [-0.25, -0.2) is 0 Å². The van der Waals surface area contributed by atoms with Crippen molar-refractivity contribution in [1.29, 1.82) is 0 Å². The van der Waals surface area contributed by atoms with E-state index in [1.165, 1.54) is 6.42 Å². The fourth-order valence-corrected chi connectivity index (χ4v) is 1.98. The first-order chi connectivity index (χ1) is 6.45. The highest BCUT2D eigenvalue weighted by atomic mass is 79.9. The first-order valence-corrected chi connectivity index (χ1v) is 6.18. The van der Waals surface area contributed by atoms with Crippen LogP contribution < -0.4 is 0 Å². The molecule has 0 aliphatic heterocycles. The lowest BCUT2D eigenvalue weighted by molar-refractivity contribution is 0.466. The van der Waals surface area contributed by atoms with Crippen molar-refractivity contribution in [2.75, 3.05) is 0 Å². The van der Waals surface area contributed by atoms with Crippen LogP contribution in [0.2, 0.25) is 0 Å². The second kappa shape index (κ2) is 6.46. The summed E-state index contributed by atoms with van der Waals surface area (Å²) in [5, 5.41) is 9.51. The molecule has 0 aliphatic rings. The number of hydrogen-bond acceptors (Lipinski definition) is 1. The number of halogens is 2. The van der Waals surface area contributed by atoms with Crippen LogP contribution in [0.5, 0.6) is 5.75 Å². The van der Waals surface area contributed by atoms with Gasteiger partial charge < -0.3 is 5.11 Å². The summed E-state index contributed by atoms with van der Waals surface area (Å²) >= 11 is 6.68. The fourth-order valence-electron chi connectivity index (χ4n) is 0.835. The van der Waals surface area contributed by atoms with Gasteiger partial charge in [-0.2, -0.15) is 0 Å². The summed E-state index contributed by atoms with van der Waals surface area (Å²) in [5.41, 5.74) is 1.76. The molecule has 1 nitrogen and oxygen atoms in total. The minimum atomic E-state index is 0.353. The van der Waals surface area contributed by atoms with Crippen molar-refractivity contribution in [3.8, 4) is 5.75 Å². The van der Waals surface area contributed by atoms with Crippen molar-refractivity contribution in [1.82, 2.24) is 0 Å². The molecule has 0 aromatic heterocycles. The number of phenols is 1. The summed E-state index contributed by atoms with van der Waals surface area (Å²) in [6.45, 7) is 8.00. The molecule has 0 atom stereocenters. The zero-order valence-electron chi connectivity index (χ0n) is 8.99. The molecule has 80 valence electrons. The Balaban J connectivity index is 0.000000500. The minimum Gasteiger partial charge on any atom is -0.507 e. The van der Waals surface area contributed by atoms with E-state index in [9.17, 15) is 5.11 Å². The lowest BCUT2D eigenvalue weighted by Gasteiger charge is -2.06. The molecular weight excluding hydrogens is 308 g/mol. The van der Waals surface area contributed by atoms with Crippen molar-refractivity contribution in [2.45, 2.75) is 34.1 Å². The van der Waals surface area contributed by atoms with Crippen molar-refractivity contribution < 1.29 is 5.11 Å². The van der Waals surface area contributed by atoms with E-state index in [4.69, 9.17) is 0 Å². The fraction of sp³-hybridized carbons (Fsp3) is 0.455. The molecule has 0 unspecified atom stereocenters. The largest absolute Gasteiger partial charge is 0.507 e. The Morgan fingerprint density at radius 3 is 1.64 bits per heavy atom. The summed E-state index contributed by atoms with van der Waals surface area (Å²) in [5.74, 6) is 0.353. The predicted molar refractivity (Wildman–Crippen MR) is 68.9 cm³/mol. The Bertz CT molecular complexity index is 282. The molecule has 0 fully saturated rings. The number of benzene rings is 1. The van der Waals surface area contributed by atoms with Crippen molar-refractivity contribution >= 4 is 31.9 Å². The first kappa shape index (κ1) is 14.0. The summed E-state index contributed by atoms with van der Waals surface area (Å²) in [6, 6.07) is 1.93. The molecule has 0 spiro atoms. The van der Waals surface area contributed by atoms with Gasteiger partial charge in [-0.3, -0.25) is 0 Å². The van der Waals surface area contributed by atoms with Crippen LogP contribution in [0.1, 0.15) is 31.4 Å². The lowest BCUT2D eigenvalue weighted by atomic mass is 10.1. The van der Waals surface area contributed by atoms with Crippen molar-refractivity contribution in [2.24, 2.45) is 0 Å². The van der Waals surface area contributed by atoms with E-state index in [0.29, 0.717) is 5.75 Å². The standard InChI is InChI=1S/C8H8Br2O.C3H8/c1-4-6(9)3-7(10)5(2)8(4)11;1-3-2/h3,11H,1-2H3;3H2,1-2H3. The minimum absolute atomic E-state index is 0.353. The predicted octanol–water partition coefficient (Wildman–Crippen LogP) is 4.95. The van der Waals surface area contributed by atoms with E-state index in [1.807, 2.05) is 19.9 Å². The van der Waals surface area contributed by atoms with Gasteiger partial charge in [-0.1, -0.05) is 52.1 Å². The summed E-state index contributed by atoms with van der Waals surface area (Å²) in [4.78, 5) is 0. The summed E-state index contributed by atoms with van der Waals surface area (Å²) in [7, 11) is 0. The Hall–Kier alpha value is -0.0200. The van der Waals surface area contributed by atoms with E-state index in [0.717, 1.165) is 20.1 Å². The molecule has 1 N–H and O–H groups in total. The van der Waals surface area contributed by atoms with Gasteiger partial charge in [0.05, 0.1) is 0 Å². The third-order valence-electron chi connectivity index (χ3n) is 1.68. The van der Waals surface area contributed by atoms with E-state index in [1.54, 1.807) is 0 Å². The maximum absolute atomic E-state index is 9.51. The molecule has 0 bridgehead atoms. The Morgan fingerprint density at radius 1 is 1.07 bits per heavy atom. The van der Waals surface area contributed by atoms with Gasteiger partial charge in [0.25, 0.3) is 0 Å². The van der Waals surface area contributed by atoms with Crippen LogP contribution in [-0.2, 0) is 0 Å². The van der Waals surface area contributed by atoms with Crippen LogP contribution in [0.4, 0.5) is 0 Å². The molecule has 14 heavy (non-hydrogen) atoms. The normalized spacial score (nSPS) is 9.29. The molecule has 1 aromatic rings. The number of hydrogen-bond donors (Lipinski definition) is 1. The second-order valence-corrected chi connectivity index (χ2v) is 4.85. The van der Waals surface area contributed by atoms with Crippen LogP contribution in [0.25, 0.3) is 0 Å². The van der Waals surface area contributed by atoms with Crippen LogP contribution >= 0.6 is 31.9 Å².